The molecular formula is C12H14O. The fourth-order valence-corrected chi connectivity index (χ4v) is 1.81. The van der Waals surface area contributed by atoms with Gasteiger partial charge in [-0.1, -0.05) is 31.2 Å². The van der Waals surface area contributed by atoms with E-state index in [-0.39, 0.29) is 0 Å². The van der Waals surface area contributed by atoms with Crippen molar-refractivity contribution in [2.45, 2.75) is 26.2 Å². The molecule has 0 saturated heterocycles. The van der Waals surface area contributed by atoms with Crippen molar-refractivity contribution in [1.29, 1.82) is 0 Å². The maximum Gasteiger partial charge on any atom is 0.137 e. The quantitative estimate of drug-likeness (QED) is 0.552. The molecule has 0 radical (unpaired) electrons. The topological polar surface area (TPSA) is 17.1 Å². The molecule has 0 saturated carbocycles. The van der Waals surface area contributed by atoms with Crippen molar-refractivity contribution in [2.24, 2.45) is 5.92 Å². The Morgan fingerprint density at radius 2 is 1.85 bits per heavy atom. The molecule has 1 atom stereocenters. The van der Waals surface area contributed by atoms with Crippen molar-refractivity contribution < 1.29 is 4.79 Å². The Kier molecular flexibility index (Phi) is 2.17. The summed E-state index contributed by atoms with van der Waals surface area (Å²) in [5, 5.41) is 0. The third kappa shape index (κ3) is 1.80. The van der Waals surface area contributed by atoms with Gasteiger partial charge in [0.1, 0.15) is 5.78 Å². The summed E-state index contributed by atoms with van der Waals surface area (Å²) >= 11 is 0. The minimum atomic E-state index is 0.381. The minimum absolute atomic E-state index is 0.381. The van der Waals surface area contributed by atoms with Gasteiger partial charge in [0.15, 0.2) is 0 Å². The summed E-state index contributed by atoms with van der Waals surface area (Å²) in [6.07, 6.45) is 11.0. The number of rotatable bonds is 0. The van der Waals surface area contributed by atoms with Crippen LogP contribution in [0.3, 0.4) is 0 Å². The van der Waals surface area contributed by atoms with Gasteiger partial charge in [0.25, 0.3) is 0 Å². The summed E-state index contributed by atoms with van der Waals surface area (Å²) < 4.78 is 0. The van der Waals surface area contributed by atoms with E-state index in [0.29, 0.717) is 18.1 Å². The Balaban J connectivity index is 2.31. The molecule has 0 bridgehead atoms. The lowest BCUT2D eigenvalue weighted by Gasteiger charge is -2.13. The number of carbonyl (C=O) groups is 1. The summed E-state index contributed by atoms with van der Waals surface area (Å²) in [5.41, 5.74) is 2.59. The first-order chi connectivity index (χ1) is 6.25. The zero-order valence-corrected chi connectivity index (χ0v) is 7.92. The van der Waals surface area contributed by atoms with Gasteiger partial charge < -0.3 is 0 Å². The first-order valence-electron chi connectivity index (χ1n) is 4.86. The van der Waals surface area contributed by atoms with E-state index in [4.69, 9.17) is 0 Å². The number of allylic oxidation sites excluding steroid dienone is 6. The molecule has 0 N–H and O–H groups in total. The van der Waals surface area contributed by atoms with Crippen molar-refractivity contribution in [1.82, 2.24) is 0 Å². The molecule has 13 heavy (non-hydrogen) atoms. The molecule has 1 nitrogen and oxygen atoms in total. The molecular weight excluding hydrogens is 160 g/mol. The maximum atomic E-state index is 11.2. The number of hydrogen-bond acceptors (Lipinski definition) is 1. The van der Waals surface area contributed by atoms with Gasteiger partial charge in [-0.25, -0.2) is 0 Å². The van der Waals surface area contributed by atoms with Crippen LogP contribution in [0.25, 0.3) is 0 Å². The zero-order chi connectivity index (χ0) is 9.26. The van der Waals surface area contributed by atoms with Crippen molar-refractivity contribution in [3.63, 3.8) is 0 Å². The lowest BCUT2D eigenvalue weighted by atomic mass is 9.91. The van der Waals surface area contributed by atoms with Gasteiger partial charge in [-0.05, 0) is 23.5 Å². The Morgan fingerprint density at radius 1 is 1.15 bits per heavy atom. The Hall–Kier alpha value is -1.11. The van der Waals surface area contributed by atoms with Crippen LogP contribution in [0.4, 0.5) is 0 Å². The highest BCUT2D eigenvalue weighted by Gasteiger charge is 2.16. The Bertz CT molecular complexity index is 318. The predicted octanol–water partition coefficient (Wildman–Crippen LogP) is 2.80. The van der Waals surface area contributed by atoms with E-state index in [0.717, 1.165) is 12.8 Å². The standard InChI is InChI=1S/C12H14O/c1-9-2-4-10-6-7-12(13)8-11(10)5-3-9/h2-5,9H,6-8H2,1H3. The summed E-state index contributed by atoms with van der Waals surface area (Å²) in [7, 11) is 0. The normalized spacial score (nSPS) is 27.5. The average molecular weight is 174 g/mol. The van der Waals surface area contributed by atoms with Gasteiger partial charge in [0, 0.05) is 12.8 Å². The molecule has 2 aliphatic rings. The van der Waals surface area contributed by atoms with Gasteiger partial charge >= 0.3 is 0 Å². The molecule has 1 unspecified atom stereocenters. The highest BCUT2D eigenvalue weighted by Crippen LogP contribution is 2.27. The monoisotopic (exact) mass is 174 g/mol. The summed E-state index contributed by atoms with van der Waals surface area (Å²) in [4.78, 5) is 11.2. The molecule has 0 aromatic heterocycles. The number of hydrogen-bond donors (Lipinski definition) is 0. The van der Waals surface area contributed by atoms with Crippen LogP contribution in [0, 0.1) is 5.92 Å². The van der Waals surface area contributed by atoms with Crippen LogP contribution in [0.5, 0.6) is 0 Å². The summed E-state index contributed by atoms with van der Waals surface area (Å²) in [6, 6.07) is 0. The smallest absolute Gasteiger partial charge is 0.137 e. The van der Waals surface area contributed by atoms with Crippen molar-refractivity contribution in [2.75, 3.05) is 0 Å². The second kappa shape index (κ2) is 3.33. The molecule has 2 rings (SSSR count). The maximum absolute atomic E-state index is 11.2. The molecule has 1 heteroatoms. The first kappa shape index (κ1) is 8.49. The minimum Gasteiger partial charge on any atom is -0.299 e. The van der Waals surface area contributed by atoms with Crippen molar-refractivity contribution in [3.05, 3.63) is 35.5 Å². The molecule has 0 aromatic carbocycles. The molecule has 2 aliphatic carbocycles. The van der Waals surface area contributed by atoms with Crippen LogP contribution in [0.2, 0.25) is 0 Å². The third-order valence-corrected chi connectivity index (χ3v) is 2.68. The van der Waals surface area contributed by atoms with Crippen LogP contribution in [-0.4, -0.2) is 5.78 Å². The Morgan fingerprint density at radius 3 is 2.62 bits per heavy atom. The van der Waals surface area contributed by atoms with Crippen molar-refractivity contribution in [3.8, 4) is 0 Å². The number of ketones is 1. The average Bonchev–Trinajstić information content (AvgIpc) is 2.29. The largest absolute Gasteiger partial charge is 0.299 e. The summed E-state index contributed by atoms with van der Waals surface area (Å²) in [5.74, 6) is 0.882. The van der Waals surface area contributed by atoms with E-state index in [2.05, 4.69) is 31.2 Å². The molecule has 0 heterocycles. The third-order valence-electron chi connectivity index (χ3n) is 2.68. The highest BCUT2D eigenvalue weighted by atomic mass is 16.1. The van der Waals surface area contributed by atoms with Gasteiger partial charge in [0.05, 0.1) is 0 Å². The SMILES string of the molecule is CC1C=CC2=C(C=C1)CC(=O)CC2. The van der Waals surface area contributed by atoms with Crippen LogP contribution < -0.4 is 0 Å². The molecule has 0 aromatic rings. The van der Waals surface area contributed by atoms with Crippen molar-refractivity contribution >= 4 is 5.78 Å². The lowest BCUT2D eigenvalue weighted by Crippen LogP contribution is -2.06. The van der Waals surface area contributed by atoms with Gasteiger partial charge in [-0.15, -0.1) is 0 Å². The molecule has 0 amide bonds. The van der Waals surface area contributed by atoms with Crippen LogP contribution in [0.15, 0.2) is 35.5 Å². The first-order valence-corrected chi connectivity index (χ1v) is 4.86. The highest BCUT2D eigenvalue weighted by molar-refractivity contribution is 5.83. The zero-order valence-electron chi connectivity index (χ0n) is 7.92. The fraction of sp³-hybridized carbons (Fsp3) is 0.417. The second-order valence-corrected chi connectivity index (χ2v) is 3.84. The number of carbonyl (C=O) groups excluding carboxylic acids is 1. The molecule has 68 valence electrons. The molecule has 0 aliphatic heterocycles. The van der Waals surface area contributed by atoms with Crippen LogP contribution >= 0.6 is 0 Å². The van der Waals surface area contributed by atoms with E-state index in [1.54, 1.807) is 0 Å². The van der Waals surface area contributed by atoms with Crippen LogP contribution in [0.1, 0.15) is 26.2 Å². The fourth-order valence-electron chi connectivity index (χ4n) is 1.81. The van der Waals surface area contributed by atoms with E-state index in [1.165, 1.54) is 11.1 Å². The van der Waals surface area contributed by atoms with Crippen LogP contribution in [-0.2, 0) is 4.79 Å². The molecule has 0 fully saturated rings. The summed E-state index contributed by atoms with van der Waals surface area (Å²) in [6.45, 7) is 2.16. The van der Waals surface area contributed by atoms with Gasteiger partial charge in [0.2, 0.25) is 0 Å². The second-order valence-electron chi connectivity index (χ2n) is 3.84. The molecule has 0 spiro atoms. The Labute approximate surface area is 78.8 Å². The van der Waals surface area contributed by atoms with E-state index >= 15 is 0 Å². The van der Waals surface area contributed by atoms with E-state index in [1.807, 2.05) is 0 Å². The van der Waals surface area contributed by atoms with Gasteiger partial charge in [-0.3, -0.25) is 4.79 Å². The number of Topliss-reactive ketones (excluding diaryl/α,β-unsaturated/α-hetero) is 1. The lowest BCUT2D eigenvalue weighted by molar-refractivity contribution is -0.118. The van der Waals surface area contributed by atoms with Gasteiger partial charge in [-0.2, -0.15) is 0 Å². The van der Waals surface area contributed by atoms with E-state index in [9.17, 15) is 4.79 Å². The van der Waals surface area contributed by atoms with E-state index < -0.39 is 0 Å². The predicted molar refractivity (Wildman–Crippen MR) is 53.3 cm³/mol.